The molecule has 0 aliphatic rings. The van der Waals surface area contributed by atoms with E-state index in [2.05, 4.69) is 4.98 Å². The molecular weight excluding hydrogens is 202 g/mol. The van der Waals surface area contributed by atoms with E-state index in [-0.39, 0.29) is 0 Å². The van der Waals surface area contributed by atoms with Crippen LogP contribution in [0.25, 0.3) is 0 Å². The molecule has 0 saturated carbocycles. The van der Waals surface area contributed by atoms with Crippen LogP contribution in [0.1, 0.15) is 11.5 Å². The molecule has 0 saturated heterocycles. The van der Waals surface area contributed by atoms with Crippen LogP contribution in [0.4, 0.5) is 0 Å². The standard InChI is InChI=1S/C9H9NOS2/c1-7-2-3-8(11-7)6-13-9-10-4-5-12-9/h2-5H,6H2,1H3. The first-order chi connectivity index (χ1) is 6.34. The number of aryl methyl sites for hydroxylation is 1. The first-order valence-electron chi connectivity index (χ1n) is 3.92. The lowest BCUT2D eigenvalue weighted by molar-refractivity contribution is 0.501. The number of aromatic nitrogens is 1. The van der Waals surface area contributed by atoms with Gasteiger partial charge in [0.2, 0.25) is 0 Å². The summed E-state index contributed by atoms with van der Waals surface area (Å²) in [5, 5.41) is 1.98. The molecule has 2 nitrogen and oxygen atoms in total. The van der Waals surface area contributed by atoms with Crippen LogP contribution in [0.5, 0.6) is 0 Å². The summed E-state index contributed by atoms with van der Waals surface area (Å²) in [6.45, 7) is 1.96. The Labute approximate surface area is 85.0 Å². The summed E-state index contributed by atoms with van der Waals surface area (Å²) in [5.74, 6) is 2.84. The lowest BCUT2D eigenvalue weighted by Crippen LogP contribution is -1.73. The van der Waals surface area contributed by atoms with E-state index < -0.39 is 0 Å². The molecule has 2 rings (SSSR count). The van der Waals surface area contributed by atoms with Gasteiger partial charge in [0.25, 0.3) is 0 Å². The first kappa shape index (κ1) is 8.84. The second kappa shape index (κ2) is 3.98. The molecular formula is C9H9NOS2. The van der Waals surface area contributed by atoms with Crippen molar-refractivity contribution in [1.29, 1.82) is 0 Å². The van der Waals surface area contributed by atoms with Gasteiger partial charge in [-0.2, -0.15) is 0 Å². The summed E-state index contributed by atoms with van der Waals surface area (Å²) in [7, 11) is 0. The molecule has 0 aromatic carbocycles. The van der Waals surface area contributed by atoms with Crippen LogP contribution >= 0.6 is 23.1 Å². The maximum absolute atomic E-state index is 5.44. The van der Waals surface area contributed by atoms with Crippen molar-refractivity contribution in [2.45, 2.75) is 17.0 Å². The van der Waals surface area contributed by atoms with E-state index in [4.69, 9.17) is 4.42 Å². The molecule has 0 N–H and O–H groups in total. The Morgan fingerprint density at radius 2 is 2.46 bits per heavy atom. The number of rotatable bonds is 3. The molecule has 0 bridgehead atoms. The van der Waals surface area contributed by atoms with Crippen molar-refractivity contribution < 1.29 is 4.42 Å². The molecule has 0 aliphatic carbocycles. The Hall–Kier alpha value is -0.740. The van der Waals surface area contributed by atoms with Crippen LogP contribution in [-0.2, 0) is 5.75 Å². The zero-order valence-electron chi connectivity index (χ0n) is 7.19. The molecule has 4 heteroatoms. The van der Waals surface area contributed by atoms with Crippen molar-refractivity contribution in [3.05, 3.63) is 35.2 Å². The summed E-state index contributed by atoms with van der Waals surface area (Å²) in [6.07, 6.45) is 1.82. The maximum atomic E-state index is 5.44. The van der Waals surface area contributed by atoms with Gasteiger partial charge in [0, 0.05) is 11.6 Å². The monoisotopic (exact) mass is 211 g/mol. The molecule has 68 valence electrons. The highest BCUT2D eigenvalue weighted by atomic mass is 32.2. The van der Waals surface area contributed by atoms with Crippen molar-refractivity contribution in [2.24, 2.45) is 0 Å². The summed E-state index contributed by atoms with van der Waals surface area (Å²) < 4.78 is 6.53. The molecule has 2 aromatic heterocycles. The molecule has 2 heterocycles. The van der Waals surface area contributed by atoms with Crippen LogP contribution in [-0.4, -0.2) is 4.98 Å². The van der Waals surface area contributed by atoms with Crippen LogP contribution in [0.2, 0.25) is 0 Å². The fraction of sp³-hybridized carbons (Fsp3) is 0.222. The summed E-state index contributed by atoms with van der Waals surface area (Å²) in [5.41, 5.74) is 0. The van der Waals surface area contributed by atoms with Crippen molar-refractivity contribution in [1.82, 2.24) is 4.98 Å². The Kier molecular flexibility index (Phi) is 2.71. The van der Waals surface area contributed by atoms with E-state index in [1.54, 1.807) is 23.1 Å². The van der Waals surface area contributed by atoms with Gasteiger partial charge in [-0.3, -0.25) is 0 Å². The number of nitrogens with zero attached hydrogens (tertiary/aromatic N) is 1. The minimum absolute atomic E-state index is 0.862. The fourth-order valence-electron chi connectivity index (χ4n) is 0.977. The third kappa shape index (κ3) is 2.35. The molecule has 0 amide bonds. The minimum atomic E-state index is 0.862. The zero-order valence-corrected chi connectivity index (χ0v) is 8.82. The third-order valence-corrected chi connectivity index (χ3v) is 3.53. The number of furan rings is 1. The topological polar surface area (TPSA) is 26.0 Å². The quantitative estimate of drug-likeness (QED) is 0.728. The van der Waals surface area contributed by atoms with Crippen molar-refractivity contribution in [3.8, 4) is 0 Å². The lowest BCUT2D eigenvalue weighted by Gasteiger charge is -1.92. The smallest absolute Gasteiger partial charge is 0.150 e. The highest BCUT2D eigenvalue weighted by Gasteiger charge is 2.01. The highest BCUT2D eigenvalue weighted by Crippen LogP contribution is 2.24. The van der Waals surface area contributed by atoms with Gasteiger partial charge in [-0.25, -0.2) is 4.98 Å². The Bertz CT molecular complexity index is 367. The lowest BCUT2D eigenvalue weighted by atomic mass is 10.5. The van der Waals surface area contributed by atoms with Gasteiger partial charge in [0.1, 0.15) is 15.9 Å². The molecule has 0 fully saturated rings. The molecule has 0 radical (unpaired) electrons. The zero-order chi connectivity index (χ0) is 9.10. The van der Waals surface area contributed by atoms with E-state index in [1.807, 2.05) is 30.6 Å². The van der Waals surface area contributed by atoms with Gasteiger partial charge in [0.05, 0.1) is 5.75 Å². The Morgan fingerprint density at radius 1 is 1.54 bits per heavy atom. The summed E-state index contributed by atoms with van der Waals surface area (Å²) in [4.78, 5) is 4.18. The third-order valence-electron chi connectivity index (χ3n) is 1.54. The number of thiazole rings is 1. The van der Waals surface area contributed by atoms with Crippen LogP contribution < -0.4 is 0 Å². The number of thioether (sulfide) groups is 1. The van der Waals surface area contributed by atoms with E-state index >= 15 is 0 Å². The van der Waals surface area contributed by atoms with Gasteiger partial charge in [0.15, 0.2) is 0 Å². The average Bonchev–Trinajstić information content (AvgIpc) is 2.71. The SMILES string of the molecule is Cc1ccc(CSc2nccs2)o1. The van der Waals surface area contributed by atoms with Crippen molar-refractivity contribution >= 4 is 23.1 Å². The van der Waals surface area contributed by atoms with Crippen LogP contribution in [0, 0.1) is 6.92 Å². The second-order valence-electron chi connectivity index (χ2n) is 2.60. The number of hydrogen-bond acceptors (Lipinski definition) is 4. The molecule has 0 aliphatic heterocycles. The summed E-state index contributed by atoms with van der Waals surface area (Å²) >= 11 is 3.37. The van der Waals surface area contributed by atoms with Crippen LogP contribution in [0.3, 0.4) is 0 Å². The van der Waals surface area contributed by atoms with Gasteiger partial charge in [-0.05, 0) is 19.1 Å². The average molecular weight is 211 g/mol. The largest absolute Gasteiger partial charge is 0.465 e. The fourth-order valence-corrected chi connectivity index (χ4v) is 2.51. The normalized spacial score (nSPS) is 10.5. The summed E-state index contributed by atoms with van der Waals surface area (Å²) in [6, 6.07) is 3.99. The van der Waals surface area contributed by atoms with Gasteiger partial charge in [-0.1, -0.05) is 11.8 Å². The predicted molar refractivity (Wildman–Crippen MR) is 55.1 cm³/mol. The van der Waals surface area contributed by atoms with E-state index in [9.17, 15) is 0 Å². The molecule has 0 spiro atoms. The van der Waals surface area contributed by atoms with E-state index in [1.165, 1.54) is 0 Å². The minimum Gasteiger partial charge on any atom is -0.465 e. The maximum Gasteiger partial charge on any atom is 0.150 e. The first-order valence-corrected chi connectivity index (χ1v) is 5.79. The molecule has 13 heavy (non-hydrogen) atoms. The van der Waals surface area contributed by atoms with Gasteiger partial charge < -0.3 is 4.42 Å². The van der Waals surface area contributed by atoms with Crippen molar-refractivity contribution in [3.63, 3.8) is 0 Å². The van der Waals surface area contributed by atoms with E-state index in [0.717, 1.165) is 21.6 Å². The van der Waals surface area contributed by atoms with Crippen molar-refractivity contribution in [2.75, 3.05) is 0 Å². The van der Waals surface area contributed by atoms with Crippen LogP contribution in [0.15, 0.2) is 32.5 Å². The van der Waals surface area contributed by atoms with E-state index in [0.29, 0.717) is 0 Å². The molecule has 2 aromatic rings. The predicted octanol–water partition coefficient (Wildman–Crippen LogP) is 3.34. The molecule has 0 atom stereocenters. The second-order valence-corrected chi connectivity index (χ2v) is 4.72. The highest BCUT2D eigenvalue weighted by molar-refractivity contribution is 8.00. The van der Waals surface area contributed by atoms with Gasteiger partial charge in [-0.15, -0.1) is 11.3 Å². The Balaban J connectivity index is 1.93. The number of hydrogen-bond donors (Lipinski definition) is 0. The Morgan fingerprint density at radius 3 is 3.08 bits per heavy atom. The molecule has 0 unspecified atom stereocenters. The van der Waals surface area contributed by atoms with Gasteiger partial charge >= 0.3 is 0 Å².